The SMILES string of the molecule is CCCNC(=O)c1nn(C(C)(C)C)c2nc(NC(=O)c3cccc(C)c3)ccc12. The number of anilines is 1. The molecule has 0 atom stereocenters. The molecular formula is C22H27N5O2. The van der Waals surface area contributed by atoms with Gasteiger partial charge in [0.15, 0.2) is 11.3 Å². The molecule has 3 aromatic rings. The number of hydrogen-bond acceptors (Lipinski definition) is 4. The van der Waals surface area contributed by atoms with Crippen LogP contribution in [0.1, 0.15) is 60.5 Å². The third-order valence-electron chi connectivity index (χ3n) is 4.44. The molecule has 2 amide bonds. The number of carbonyl (C=O) groups is 2. The number of carbonyl (C=O) groups excluding carboxylic acids is 2. The summed E-state index contributed by atoms with van der Waals surface area (Å²) in [5.74, 6) is -0.0450. The number of pyridine rings is 1. The van der Waals surface area contributed by atoms with Crippen molar-refractivity contribution in [3.8, 4) is 0 Å². The Morgan fingerprint density at radius 2 is 1.86 bits per heavy atom. The highest BCUT2D eigenvalue weighted by Crippen LogP contribution is 2.25. The normalized spacial score (nSPS) is 11.5. The lowest BCUT2D eigenvalue weighted by Gasteiger charge is -2.20. The first-order chi connectivity index (χ1) is 13.7. The summed E-state index contributed by atoms with van der Waals surface area (Å²) in [7, 11) is 0. The van der Waals surface area contributed by atoms with E-state index in [9.17, 15) is 9.59 Å². The Morgan fingerprint density at radius 3 is 2.52 bits per heavy atom. The highest BCUT2D eigenvalue weighted by atomic mass is 16.2. The summed E-state index contributed by atoms with van der Waals surface area (Å²) < 4.78 is 1.73. The van der Waals surface area contributed by atoms with E-state index in [1.165, 1.54) is 0 Å². The Kier molecular flexibility index (Phi) is 5.68. The topological polar surface area (TPSA) is 88.9 Å². The predicted octanol–water partition coefficient (Wildman–Crippen LogP) is 3.89. The van der Waals surface area contributed by atoms with E-state index in [0.29, 0.717) is 34.7 Å². The van der Waals surface area contributed by atoms with Crippen LogP contribution < -0.4 is 10.6 Å². The molecule has 2 N–H and O–H groups in total. The number of fused-ring (bicyclic) bond motifs is 1. The van der Waals surface area contributed by atoms with Gasteiger partial charge in [0.25, 0.3) is 11.8 Å². The van der Waals surface area contributed by atoms with Gasteiger partial charge < -0.3 is 10.6 Å². The van der Waals surface area contributed by atoms with Crippen molar-refractivity contribution in [1.82, 2.24) is 20.1 Å². The molecule has 0 saturated heterocycles. The largest absolute Gasteiger partial charge is 0.351 e. The maximum absolute atomic E-state index is 12.6. The average Bonchev–Trinajstić information content (AvgIpc) is 3.05. The monoisotopic (exact) mass is 393 g/mol. The van der Waals surface area contributed by atoms with Crippen LogP contribution in [0.5, 0.6) is 0 Å². The van der Waals surface area contributed by atoms with Gasteiger partial charge in [0.05, 0.1) is 10.9 Å². The minimum Gasteiger partial charge on any atom is -0.351 e. The van der Waals surface area contributed by atoms with Gasteiger partial charge in [-0.25, -0.2) is 9.67 Å². The number of rotatable bonds is 5. The van der Waals surface area contributed by atoms with Crippen LogP contribution in [-0.2, 0) is 5.54 Å². The van der Waals surface area contributed by atoms with Gasteiger partial charge in [-0.2, -0.15) is 5.10 Å². The fraction of sp³-hybridized carbons (Fsp3) is 0.364. The Balaban J connectivity index is 1.99. The maximum Gasteiger partial charge on any atom is 0.272 e. The van der Waals surface area contributed by atoms with Crippen molar-refractivity contribution in [2.24, 2.45) is 0 Å². The second-order valence-corrected chi connectivity index (χ2v) is 8.08. The molecule has 0 radical (unpaired) electrons. The quantitative estimate of drug-likeness (QED) is 0.688. The summed E-state index contributed by atoms with van der Waals surface area (Å²) in [6.07, 6.45) is 0.844. The molecule has 0 saturated carbocycles. The van der Waals surface area contributed by atoms with Gasteiger partial charge in [-0.1, -0.05) is 24.6 Å². The molecule has 0 fully saturated rings. The van der Waals surface area contributed by atoms with Gasteiger partial charge in [0.2, 0.25) is 0 Å². The van der Waals surface area contributed by atoms with Crippen LogP contribution in [0.15, 0.2) is 36.4 Å². The van der Waals surface area contributed by atoms with Crippen molar-refractivity contribution >= 4 is 28.7 Å². The number of amides is 2. The van der Waals surface area contributed by atoms with E-state index in [1.54, 1.807) is 22.9 Å². The minimum atomic E-state index is -0.381. The molecule has 0 aliphatic rings. The second kappa shape index (κ2) is 8.03. The van der Waals surface area contributed by atoms with Gasteiger partial charge in [0, 0.05) is 12.1 Å². The zero-order valence-corrected chi connectivity index (χ0v) is 17.5. The molecule has 3 rings (SSSR count). The standard InChI is InChI=1S/C22H27N5O2/c1-6-12-23-21(29)18-16-10-11-17(24-19(16)27(26-18)22(3,4)5)25-20(28)15-9-7-8-14(2)13-15/h7-11,13H,6,12H2,1-5H3,(H,23,29)(H,24,25,28). The molecule has 2 heterocycles. The van der Waals surface area contributed by atoms with Crippen LogP contribution in [0.25, 0.3) is 11.0 Å². The van der Waals surface area contributed by atoms with Crippen molar-refractivity contribution in [3.05, 3.63) is 53.2 Å². The molecule has 29 heavy (non-hydrogen) atoms. The van der Waals surface area contributed by atoms with E-state index in [2.05, 4.69) is 20.7 Å². The molecule has 7 heteroatoms. The smallest absolute Gasteiger partial charge is 0.272 e. The van der Waals surface area contributed by atoms with Crippen molar-refractivity contribution < 1.29 is 9.59 Å². The van der Waals surface area contributed by atoms with Crippen LogP contribution in [0.2, 0.25) is 0 Å². The van der Waals surface area contributed by atoms with Gasteiger partial charge in [-0.05, 0) is 58.4 Å². The molecule has 152 valence electrons. The zero-order valence-electron chi connectivity index (χ0n) is 17.5. The van der Waals surface area contributed by atoms with E-state index in [0.717, 1.165) is 12.0 Å². The van der Waals surface area contributed by atoms with Crippen molar-refractivity contribution in [2.75, 3.05) is 11.9 Å². The summed E-state index contributed by atoms with van der Waals surface area (Å²) in [5.41, 5.74) is 2.09. The number of aryl methyl sites for hydroxylation is 1. The lowest BCUT2D eigenvalue weighted by Crippen LogP contribution is -2.27. The third-order valence-corrected chi connectivity index (χ3v) is 4.44. The lowest BCUT2D eigenvalue weighted by molar-refractivity contribution is 0.0947. The van der Waals surface area contributed by atoms with E-state index in [4.69, 9.17) is 0 Å². The highest BCUT2D eigenvalue weighted by Gasteiger charge is 2.25. The molecule has 7 nitrogen and oxygen atoms in total. The summed E-state index contributed by atoms with van der Waals surface area (Å²) >= 11 is 0. The summed E-state index contributed by atoms with van der Waals surface area (Å²) in [4.78, 5) is 29.7. The Hall–Kier alpha value is -3.22. The Morgan fingerprint density at radius 1 is 1.10 bits per heavy atom. The fourth-order valence-corrected chi connectivity index (χ4v) is 3.00. The number of nitrogens with one attached hydrogen (secondary N) is 2. The van der Waals surface area contributed by atoms with Crippen LogP contribution >= 0.6 is 0 Å². The zero-order chi connectivity index (χ0) is 21.2. The van der Waals surface area contributed by atoms with Crippen LogP contribution in [0.4, 0.5) is 5.82 Å². The van der Waals surface area contributed by atoms with Crippen LogP contribution in [0, 0.1) is 6.92 Å². The van der Waals surface area contributed by atoms with Gasteiger partial charge in [-0.15, -0.1) is 0 Å². The van der Waals surface area contributed by atoms with Gasteiger partial charge in [-0.3, -0.25) is 9.59 Å². The van der Waals surface area contributed by atoms with E-state index in [1.807, 2.05) is 52.8 Å². The first kappa shape index (κ1) is 20.5. The van der Waals surface area contributed by atoms with Crippen LogP contribution in [-0.4, -0.2) is 33.1 Å². The highest BCUT2D eigenvalue weighted by molar-refractivity contribution is 6.06. The first-order valence-corrected chi connectivity index (χ1v) is 9.77. The molecule has 0 bridgehead atoms. The molecule has 0 aliphatic carbocycles. The maximum atomic E-state index is 12.6. The molecule has 0 spiro atoms. The molecule has 0 aliphatic heterocycles. The van der Waals surface area contributed by atoms with E-state index in [-0.39, 0.29) is 17.4 Å². The van der Waals surface area contributed by atoms with E-state index < -0.39 is 0 Å². The Bertz CT molecular complexity index is 1060. The number of hydrogen-bond donors (Lipinski definition) is 2. The number of benzene rings is 1. The van der Waals surface area contributed by atoms with Crippen LogP contribution in [0.3, 0.4) is 0 Å². The lowest BCUT2D eigenvalue weighted by atomic mass is 10.1. The fourth-order valence-electron chi connectivity index (χ4n) is 3.00. The van der Waals surface area contributed by atoms with Crippen molar-refractivity contribution in [1.29, 1.82) is 0 Å². The van der Waals surface area contributed by atoms with Gasteiger partial charge in [0.1, 0.15) is 5.82 Å². The average molecular weight is 393 g/mol. The third kappa shape index (κ3) is 4.45. The first-order valence-electron chi connectivity index (χ1n) is 9.77. The predicted molar refractivity (Wildman–Crippen MR) is 114 cm³/mol. The van der Waals surface area contributed by atoms with Crippen molar-refractivity contribution in [2.45, 2.75) is 46.6 Å². The summed E-state index contributed by atoms with van der Waals surface area (Å²) in [6.45, 7) is 10.5. The minimum absolute atomic E-state index is 0.224. The molecule has 1 aromatic carbocycles. The van der Waals surface area contributed by atoms with E-state index >= 15 is 0 Å². The molecular weight excluding hydrogens is 366 g/mol. The number of nitrogens with zero attached hydrogens (tertiary/aromatic N) is 3. The van der Waals surface area contributed by atoms with Crippen molar-refractivity contribution in [3.63, 3.8) is 0 Å². The second-order valence-electron chi connectivity index (χ2n) is 8.08. The summed E-state index contributed by atoms with van der Waals surface area (Å²) in [6, 6.07) is 10.8. The summed E-state index contributed by atoms with van der Waals surface area (Å²) in [5, 5.41) is 10.9. The van der Waals surface area contributed by atoms with Gasteiger partial charge >= 0.3 is 0 Å². The number of aromatic nitrogens is 3. The molecule has 2 aromatic heterocycles. The Labute approximate surface area is 170 Å². The molecule has 0 unspecified atom stereocenters.